The van der Waals surface area contributed by atoms with Gasteiger partial charge in [-0.25, -0.2) is 4.98 Å². The second kappa shape index (κ2) is 10.6. The number of nitrogens with zero attached hydrogens (tertiary/aromatic N) is 2. The Hall–Kier alpha value is -0.0900. The summed E-state index contributed by atoms with van der Waals surface area (Å²) in [5, 5.41) is 0. The molecule has 1 aliphatic rings. The molecule has 0 saturated carbocycles. The Balaban J connectivity index is 1.57. The van der Waals surface area contributed by atoms with Crippen LogP contribution >= 0.6 is 23.5 Å². The van der Waals surface area contributed by atoms with Crippen LogP contribution in [-0.4, -0.2) is 25.1 Å². The van der Waals surface area contributed by atoms with Crippen LogP contribution in [0, 0.1) is 0 Å². The average molecular weight is 341 g/mol. The van der Waals surface area contributed by atoms with E-state index >= 15 is 0 Å². The lowest BCUT2D eigenvalue weighted by molar-refractivity contribution is 0.524. The molecule has 1 fully saturated rings. The molecule has 22 heavy (non-hydrogen) atoms. The summed E-state index contributed by atoms with van der Waals surface area (Å²) in [6.07, 6.45) is 20.1. The van der Waals surface area contributed by atoms with Gasteiger partial charge >= 0.3 is 0 Å². The number of hydrogen-bond donors (Lipinski definition) is 0. The van der Waals surface area contributed by atoms with Gasteiger partial charge in [0.1, 0.15) is 0 Å². The van der Waals surface area contributed by atoms with Crippen molar-refractivity contribution in [3.63, 3.8) is 0 Å². The second-order valence-electron chi connectivity index (χ2n) is 6.42. The van der Waals surface area contributed by atoms with Gasteiger partial charge in [0.05, 0.1) is 10.4 Å². The fourth-order valence-corrected chi connectivity index (χ4v) is 6.48. The van der Waals surface area contributed by atoms with Crippen molar-refractivity contribution < 1.29 is 0 Å². The number of rotatable bonds is 12. The molecule has 0 aliphatic carbocycles. The first-order chi connectivity index (χ1) is 10.8. The van der Waals surface area contributed by atoms with E-state index in [0.29, 0.717) is 4.08 Å². The molecule has 0 atom stereocenters. The summed E-state index contributed by atoms with van der Waals surface area (Å²) in [7, 11) is 0. The molecule has 0 unspecified atom stereocenters. The van der Waals surface area contributed by atoms with Crippen molar-refractivity contribution in [2.24, 2.45) is 0 Å². The highest BCUT2D eigenvalue weighted by Crippen LogP contribution is 2.48. The van der Waals surface area contributed by atoms with E-state index < -0.39 is 0 Å². The third kappa shape index (κ3) is 6.57. The third-order valence-corrected chi connectivity index (χ3v) is 7.96. The molecule has 0 bridgehead atoms. The SMILES string of the molecule is CCCCCCCCCCCC1(Cn2ccnc2)SCCS1. The van der Waals surface area contributed by atoms with E-state index in [2.05, 4.69) is 46.2 Å². The molecule has 126 valence electrons. The molecular formula is C18H32N2S2. The van der Waals surface area contributed by atoms with Crippen molar-refractivity contribution in [1.29, 1.82) is 0 Å². The molecule has 2 rings (SSSR count). The van der Waals surface area contributed by atoms with Gasteiger partial charge in [-0.1, -0.05) is 64.7 Å². The molecule has 1 saturated heterocycles. The van der Waals surface area contributed by atoms with Crippen LogP contribution in [0.4, 0.5) is 0 Å². The maximum Gasteiger partial charge on any atom is 0.0946 e. The van der Waals surface area contributed by atoms with E-state index in [0.717, 1.165) is 6.54 Å². The first kappa shape index (κ1) is 18.3. The summed E-state index contributed by atoms with van der Waals surface area (Å²) in [6.45, 7) is 3.41. The smallest absolute Gasteiger partial charge is 0.0946 e. The zero-order valence-corrected chi connectivity index (χ0v) is 15.8. The lowest BCUT2D eigenvalue weighted by Gasteiger charge is -2.27. The molecule has 0 radical (unpaired) electrons. The normalized spacial score (nSPS) is 17.1. The summed E-state index contributed by atoms with van der Waals surface area (Å²) in [4.78, 5) is 4.19. The van der Waals surface area contributed by atoms with Gasteiger partial charge in [-0.05, 0) is 6.42 Å². The Bertz CT molecular complexity index is 372. The minimum Gasteiger partial charge on any atom is -0.335 e. The summed E-state index contributed by atoms with van der Waals surface area (Å²) in [5.41, 5.74) is 0. The summed E-state index contributed by atoms with van der Waals surface area (Å²) in [5.74, 6) is 2.63. The molecule has 1 aromatic heterocycles. The van der Waals surface area contributed by atoms with E-state index in [1.165, 1.54) is 75.7 Å². The Kier molecular flexibility index (Phi) is 8.83. The van der Waals surface area contributed by atoms with E-state index in [4.69, 9.17) is 0 Å². The highest BCUT2D eigenvalue weighted by Gasteiger charge is 2.35. The average Bonchev–Trinajstić information content (AvgIpc) is 3.18. The van der Waals surface area contributed by atoms with Gasteiger partial charge in [-0.3, -0.25) is 0 Å². The van der Waals surface area contributed by atoms with Gasteiger partial charge in [-0.2, -0.15) is 0 Å². The minimum atomic E-state index is 0.418. The molecule has 0 N–H and O–H groups in total. The first-order valence-corrected chi connectivity index (χ1v) is 11.1. The van der Waals surface area contributed by atoms with Gasteiger partial charge in [0.15, 0.2) is 0 Å². The van der Waals surface area contributed by atoms with Crippen LogP contribution in [0.15, 0.2) is 18.7 Å². The van der Waals surface area contributed by atoms with Crippen LogP contribution in [0.1, 0.15) is 71.1 Å². The van der Waals surface area contributed by atoms with Crippen LogP contribution in [0.3, 0.4) is 0 Å². The Morgan fingerprint density at radius 3 is 2.18 bits per heavy atom. The predicted molar refractivity (Wildman–Crippen MR) is 102 cm³/mol. The van der Waals surface area contributed by atoms with Gasteiger partial charge in [0, 0.05) is 30.4 Å². The van der Waals surface area contributed by atoms with E-state index in [1.54, 1.807) is 0 Å². The third-order valence-electron chi connectivity index (χ3n) is 4.46. The second-order valence-corrected chi connectivity index (χ2v) is 9.64. The van der Waals surface area contributed by atoms with E-state index in [9.17, 15) is 0 Å². The summed E-state index contributed by atoms with van der Waals surface area (Å²) < 4.78 is 2.68. The van der Waals surface area contributed by atoms with Crippen molar-refractivity contribution in [2.45, 2.75) is 81.8 Å². The van der Waals surface area contributed by atoms with Gasteiger partial charge < -0.3 is 4.57 Å². The molecule has 2 nitrogen and oxygen atoms in total. The fraction of sp³-hybridized carbons (Fsp3) is 0.833. The minimum absolute atomic E-state index is 0.418. The van der Waals surface area contributed by atoms with Crippen LogP contribution in [0.25, 0.3) is 0 Å². The lowest BCUT2D eigenvalue weighted by atomic mass is 10.1. The monoisotopic (exact) mass is 340 g/mol. The number of imidazole rings is 1. The molecule has 0 spiro atoms. The molecule has 1 aromatic rings. The Morgan fingerprint density at radius 2 is 1.59 bits per heavy atom. The number of aromatic nitrogens is 2. The van der Waals surface area contributed by atoms with E-state index in [1.807, 2.05) is 12.5 Å². The highest BCUT2D eigenvalue weighted by atomic mass is 32.2. The van der Waals surface area contributed by atoms with Crippen LogP contribution in [0.2, 0.25) is 0 Å². The molecule has 4 heteroatoms. The topological polar surface area (TPSA) is 17.8 Å². The molecule has 2 heterocycles. The predicted octanol–water partition coefficient (Wildman–Crippen LogP) is 5.98. The Labute approximate surface area is 145 Å². The zero-order valence-electron chi connectivity index (χ0n) is 14.1. The standard InChI is InChI=1S/C18H32N2S2/c1-2-3-4-5-6-7-8-9-10-11-18(21-14-15-22-18)16-20-13-12-19-17-20/h12-13,17H,2-11,14-16H2,1H3. The highest BCUT2D eigenvalue weighted by molar-refractivity contribution is 8.21. The van der Waals surface area contributed by atoms with Crippen molar-refractivity contribution in [2.75, 3.05) is 11.5 Å². The molecule has 0 amide bonds. The molecular weight excluding hydrogens is 308 g/mol. The number of thioether (sulfide) groups is 2. The maximum atomic E-state index is 4.19. The van der Waals surface area contributed by atoms with Gasteiger partial charge in [0.25, 0.3) is 0 Å². The van der Waals surface area contributed by atoms with Crippen LogP contribution in [-0.2, 0) is 6.54 Å². The zero-order chi connectivity index (χ0) is 15.5. The first-order valence-electron chi connectivity index (χ1n) is 9.08. The van der Waals surface area contributed by atoms with Crippen molar-refractivity contribution in [1.82, 2.24) is 9.55 Å². The largest absolute Gasteiger partial charge is 0.335 e. The quantitative estimate of drug-likeness (QED) is 0.436. The van der Waals surface area contributed by atoms with Gasteiger partial charge in [-0.15, -0.1) is 23.5 Å². The van der Waals surface area contributed by atoms with Crippen LogP contribution < -0.4 is 0 Å². The lowest BCUT2D eigenvalue weighted by Crippen LogP contribution is -2.24. The summed E-state index contributed by atoms with van der Waals surface area (Å²) in [6, 6.07) is 0. The van der Waals surface area contributed by atoms with Gasteiger partial charge in [0.2, 0.25) is 0 Å². The van der Waals surface area contributed by atoms with Crippen molar-refractivity contribution >= 4 is 23.5 Å². The maximum absolute atomic E-state index is 4.19. The molecule has 1 aliphatic heterocycles. The fourth-order valence-electron chi connectivity index (χ4n) is 3.18. The Morgan fingerprint density at radius 1 is 0.955 bits per heavy atom. The van der Waals surface area contributed by atoms with Crippen molar-refractivity contribution in [3.8, 4) is 0 Å². The number of hydrogen-bond acceptors (Lipinski definition) is 3. The van der Waals surface area contributed by atoms with Crippen molar-refractivity contribution in [3.05, 3.63) is 18.7 Å². The number of unbranched alkanes of at least 4 members (excludes halogenated alkanes) is 8. The molecule has 0 aromatic carbocycles. The summed E-state index contributed by atoms with van der Waals surface area (Å²) >= 11 is 4.36. The van der Waals surface area contributed by atoms with Crippen LogP contribution in [0.5, 0.6) is 0 Å². The van der Waals surface area contributed by atoms with E-state index in [-0.39, 0.29) is 0 Å².